The normalized spacial score (nSPS) is 14.9. The van der Waals surface area contributed by atoms with Crippen molar-refractivity contribution in [3.63, 3.8) is 0 Å². The van der Waals surface area contributed by atoms with Gasteiger partial charge in [-0.2, -0.15) is 0 Å². The van der Waals surface area contributed by atoms with Crippen LogP contribution in [-0.2, 0) is 12.8 Å². The molecule has 1 aliphatic heterocycles. The second-order valence-corrected chi connectivity index (χ2v) is 5.22. The Morgan fingerprint density at radius 1 is 1.47 bits per heavy atom. The van der Waals surface area contributed by atoms with Crippen molar-refractivity contribution in [3.05, 3.63) is 28.3 Å². The topological polar surface area (TPSA) is 35.2 Å². The molecule has 0 bridgehead atoms. The molecule has 2 rings (SSSR count). The minimum Gasteiger partial charge on any atom is -0.493 e. The molecule has 0 saturated heterocycles. The van der Waals surface area contributed by atoms with Crippen molar-refractivity contribution in [2.45, 2.75) is 32.2 Å². The molecule has 1 aromatic carbocycles. The first-order valence-corrected chi connectivity index (χ1v) is 5.56. The third-order valence-electron chi connectivity index (χ3n) is 2.50. The summed E-state index contributed by atoms with van der Waals surface area (Å²) in [5, 5.41) is 0.758. The van der Waals surface area contributed by atoms with Gasteiger partial charge in [-0.1, -0.05) is 17.7 Å². The number of benzene rings is 1. The van der Waals surface area contributed by atoms with Crippen molar-refractivity contribution >= 4 is 11.6 Å². The Balaban J connectivity index is 2.33. The van der Waals surface area contributed by atoms with Gasteiger partial charge in [-0.25, -0.2) is 0 Å². The Bertz CT molecular complexity index is 382. The van der Waals surface area contributed by atoms with E-state index in [1.807, 2.05) is 19.9 Å². The lowest BCUT2D eigenvalue weighted by Gasteiger charge is -2.19. The molecular weight excluding hydrogens is 210 g/mol. The molecule has 0 fully saturated rings. The second-order valence-electron chi connectivity index (χ2n) is 4.82. The van der Waals surface area contributed by atoms with E-state index in [1.165, 1.54) is 5.56 Å². The zero-order valence-corrected chi connectivity index (χ0v) is 9.90. The molecule has 0 saturated carbocycles. The van der Waals surface area contributed by atoms with Crippen LogP contribution < -0.4 is 10.5 Å². The Kier molecular flexibility index (Phi) is 2.65. The number of fused-ring (bicyclic) bond motifs is 1. The molecule has 1 heterocycles. The Labute approximate surface area is 95.4 Å². The lowest BCUT2D eigenvalue weighted by Crippen LogP contribution is -2.34. The third-order valence-corrected chi connectivity index (χ3v) is 2.86. The highest BCUT2D eigenvalue weighted by Gasteiger charge is 2.19. The maximum Gasteiger partial charge on any atom is 0.124 e. The monoisotopic (exact) mass is 225 g/mol. The maximum absolute atomic E-state index is 6.18. The van der Waals surface area contributed by atoms with Crippen LogP contribution in [0.3, 0.4) is 0 Å². The predicted molar refractivity (Wildman–Crippen MR) is 62.6 cm³/mol. The average Bonchev–Trinajstić information content (AvgIpc) is 2.49. The van der Waals surface area contributed by atoms with E-state index in [0.717, 1.165) is 35.8 Å². The van der Waals surface area contributed by atoms with E-state index in [2.05, 4.69) is 6.07 Å². The Morgan fingerprint density at radius 2 is 2.20 bits per heavy atom. The molecule has 82 valence electrons. The highest BCUT2D eigenvalue weighted by molar-refractivity contribution is 6.31. The van der Waals surface area contributed by atoms with Gasteiger partial charge in [-0.3, -0.25) is 0 Å². The molecule has 0 spiro atoms. The van der Waals surface area contributed by atoms with Gasteiger partial charge in [0.25, 0.3) is 0 Å². The molecule has 2 nitrogen and oxygen atoms in total. The first-order chi connectivity index (χ1) is 6.96. The number of nitrogens with two attached hydrogens (primary N) is 1. The van der Waals surface area contributed by atoms with Crippen LogP contribution in [0.2, 0.25) is 5.02 Å². The van der Waals surface area contributed by atoms with Gasteiger partial charge in [0.2, 0.25) is 0 Å². The zero-order valence-electron chi connectivity index (χ0n) is 9.14. The van der Waals surface area contributed by atoms with Crippen LogP contribution in [0.4, 0.5) is 0 Å². The average molecular weight is 226 g/mol. The van der Waals surface area contributed by atoms with E-state index < -0.39 is 0 Å². The minimum atomic E-state index is -0.225. The standard InChI is InChI=1S/C12H16ClNO/c1-12(2,14)7-9-5-8-3-4-15-11(8)6-10(9)13/h5-6H,3-4,7,14H2,1-2H3. The summed E-state index contributed by atoms with van der Waals surface area (Å²) in [6.07, 6.45) is 1.77. The largest absolute Gasteiger partial charge is 0.493 e. The van der Waals surface area contributed by atoms with E-state index in [0.29, 0.717) is 0 Å². The summed E-state index contributed by atoms with van der Waals surface area (Å²) in [5.41, 5.74) is 8.13. The Hall–Kier alpha value is -0.730. The summed E-state index contributed by atoms with van der Waals surface area (Å²) >= 11 is 6.18. The molecule has 1 aromatic rings. The molecule has 0 aromatic heterocycles. The molecule has 3 heteroatoms. The van der Waals surface area contributed by atoms with Crippen LogP contribution >= 0.6 is 11.6 Å². The highest BCUT2D eigenvalue weighted by atomic mass is 35.5. The fourth-order valence-corrected chi connectivity index (χ4v) is 2.10. The molecule has 0 aliphatic carbocycles. The molecule has 0 radical (unpaired) electrons. The quantitative estimate of drug-likeness (QED) is 0.840. The van der Waals surface area contributed by atoms with E-state index in [1.54, 1.807) is 0 Å². The number of rotatable bonds is 2. The fraction of sp³-hybridized carbons (Fsp3) is 0.500. The number of hydrogen-bond acceptors (Lipinski definition) is 2. The molecule has 0 unspecified atom stereocenters. The summed E-state index contributed by atoms with van der Waals surface area (Å²) in [4.78, 5) is 0. The van der Waals surface area contributed by atoms with E-state index in [-0.39, 0.29) is 5.54 Å². The number of halogens is 1. The van der Waals surface area contributed by atoms with E-state index in [9.17, 15) is 0 Å². The van der Waals surface area contributed by atoms with Gasteiger partial charge in [0.1, 0.15) is 5.75 Å². The fourth-order valence-electron chi connectivity index (χ4n) is 1.88. The lowest BCUT2D eigenvalue weighted by atomic mass is 9.94. The smallest absolute Gasteiger partial charge is 0.124 e. The van der Waals surface area contributed by atoms with Crippen LogP contribution in [0.25, 0.3) is 0 Å². The van der Waals surface area contributed by atoms with Crippen LogP contribution in [0.1, 0.15) is 25.0 Å². The summed E-state index contributed by atoms with van der Waals surface area (Å²) < 4.78 is 5.45. The van der Waals surface area contributed by atoms with Crippen molar-refractivity contribution in [1.29, 1.82) is 0 Å². The Morgan fingerprint density at radius 3 is 2.87 bits per heavy atom. The summed E-state index contributed by atoms with van der Waals surface area (Å²) in [5.74, 6) is 0.929. The minimum absolute atomic E-state index is 0.225. The van der Waals surface area contributed by atoms with Gasteiger partial charge in [-0.05, 0) is 37.5 Å². The van der Waals surface area contributed by atoms with Crippen molar-refractivity contribution in [3.8, 4) is 5.75 Å². The van der Waals surface area contributed by atoms with Gasteiger partial charge >= 0.3 is 0 Å². The maximum atomic E-state index is 6.18. The van der Waals surface area contributed by atoms with E-state index in [4.69, 9.17) is 22.1 Å². The first-order valence-electron chi connectivity index (χ1n) is 5.19. The molecule has 0 atom stereocenters. The van der Waals surface area contributed by atoms with Gasteiger partial charge in [0, 0.05) is 17.0 Å². The molecule has 1 aliphatic rings. The predicted octanol–water partition coefficient (Wildman–Crippen LogP) is 2.55. The summed E-state index contributed by atoms with van der Waals surface area (Å²) in [7, 11) is 0. The summed E-state index contributed by atoms with van der Waals surface area (Å²) in [6.45, 7) is 4.78. The zero-order chi connectivity index (χ0) is 11.1. The molecule has 0 amide bonds. The van der Waals surface area contributed by atoms with Crippen LogP contribution in [-0.4, -0.2) is 12.1 Å². The SMILES string of the molecule is CC(C)(N)Cc1cc2c(cc1Cl)OCC2. The van der Waals surface area contributed by atoms with Gasteiger partial charge in [0.05, 0.1) is 6.61 Å². The van der Waals surface area contributed by atoms with Crippen LogP contribution in [0.5, 0.6) is 5.75 Å². The number of hydrogen-bond donors (Lipinski definition) is 1. The van der Waals surface area contributed by atoms with Crippen molar-refractivity contribution in [2.24, 2.45) is 5.73 Å². The third kappa shape index (κ3) is 2.44. The van der Waals surface area contributed by atoms with Gasteiger partial charge in [0.15, 0.2) is 0 Å². The van der Waals surface area contributed by atoms with Crippen LogP contribution in [0.15, 0.2) is 12.1 Å². The van der Waals surface area contributed by atoms with Crippen molar-refractivity contribution in [2.75, 3.05) is 6.61 Å². The van der Waals surface area contributed by atoms with E-state index >= 15 is 0 Å². The highest BCUT2D eigenvalue weighted by Crippen LogP contribution is 2.32. The van der Waals surface area contributed by atoms with Gasteiger partial charge < -0.3 is 10.5 Å². The van der Waals surface area contributed by atoms with Crippen molar-refractivity contribution in [1.82, 2.24) is 0 Å². The van der Waals surface area contributed by atoms with Crippen molar-refractivity contribution < 1.29 is 4.74 Å². The second kappa shape index (κ2) is 3.69. The molecular formula is C12H16ClNO. The lowest BCUT2D eigenvalue weighted by molar-refractivity contribution is 0.357. The van der Waals surface area contributed by atoms with Crippen LogP contribution in [0, 0.1) is 0 Å². The molecule has 2 N–H and O–H groups in total. The van der Waals surface area contributed by atoms with Gasteiger partial charge in [-0.15, -0.1) is 0 Å². The molecule has 15 heavy (non-hydrogen) atoms. The first kappa shape index (κ1) is 10.8. The number of ether oxygens (including phenoxy) is 1. The summed E-state index contributed by atoms with van der Waals surface area (Å²) in [6, 6.07) is 4.03.